The van der Waals surface area contributed by atoms with Gasteiger partial charge in [0, 0.05) is 25.1 Å². The maximum atomic E-state index is 5.62. The van der Waals surface area contributed by atoms with Gasteiger partial charge < -0.3 is 5.73 Å². The zero-order valence-corrected chi connectivity index (χ0v) is 9.68. The van der Waals surface area contributed by atoms with E-state index in [0.29, 0.717) is 5.82 Å². The number of pyridine rings is 1. The van der Waals surface area contributed by atoms with Crippen LogP contribution in [0.15, 0.2) is 35.2 Å². The molecule has 2 N–H and O–H groups in total. The molecule has 2 aromatic heterocycles. The average Bonchev–Trinajstić information content (AvgIpc) is 2.57. The second-order valence-corrected chi connectivity index (χ2v) is 4.09. The third kappa shape index (κ3) is 2.56. The highest BCUT2D eigenvalue weighted by Crippen LogP contribution is 2.16. The van der Waals surface area contributed by atoms with Gasteiger partial charge in [0.1, 0.15) is 0 Å². The highest BCUT2D eigenvalue weighted by molar-refractivity contribution is 9.10. The van der Waals surface area contributed by atoms with Gasteiger partial charge in [-0.15, -0.1) is 0 Å². The van der Waals surface area contributed by atoms with Crippen LogP contribution in [0, 0.1) is 0 Å². The summed E-state index contributed by atoms with van der Waals surface area (Å²) < 4.78 is 2.68. The minimum Gasteiger partial charge on any atom is -0.381 e. The molecule has 0 spiro atoms. The Labute approximate surface area is 96.3 Å². The molecule has 0 radical (unpaired) electrons. The van der Waals surface area contributed by atoms with E-state index in [1.54, 1.807) is 12.4 Å². The maximum absolute atomic E-state index is 5.62. The number of halogens is 1. The second-order valence-electron chi connectivity index (χ2n) is 3.23. The lowest BCUT2D eigenvalue weighted by Gasteiger charge is -2.00. The average molecular weight is 267 g/mol. The Kier molecular flexibility index (Phi) is 3.01. The Hall–Kier alpha value is -1.36. The highest BCUT2D eigenvalue weighted by atomic mass is 79.9. The van der Waals surface area contributed by atoms with E-state index in [2.05, 4.69) is 26.0 Å². The molecule has 78 valence electrons. The number of aryl methyl sites for hydroxylation is 2. The summed E-state index contributed by atoms with van der Waals surface area (Å²) in [5.74, 6) is 0.532. The molecule has 0 aliphatic carbocycles. The van der Waals surface area contributed by atoms with Gasteiger partial charge in [-0.2, -0.15) is 5.10 Å². The fourth-order valence-corrected chi connectivity index (χ4v) is 1.64. The molecule has 2 rings (SSSR count). The van der Waals surface area contributed by atoms with E-state index in [1.165, 1.54) is 5.56 Å². The fraction of sp³-hybridized carbons (Fsp3) is 0.200. The third-order valence-electron chi connectivity index (χ3n) is 2.12. The topological polar surface area (TPSA) is 56.7 Å². The van der Waals surface area contributed by atoms with Crippen LogP contribution in [0.5, 0.6) is 0 Å². The van der Waals surface area contributed by atoms with E-state index in [0.717, 1.165) is 17.4 Å². The van der Waals surface area contributed by atoms with Gasteiger partial charge in [-0.1, -0.05) is 0 Å². The van der Waals surface area contributed by atoms with Crippen LogP contribution in [0.2, 0.25) is 0 Å². The van der Waals surface area contributed by atoms with Crippen molar-refractivity contribution < 1.29 is 0 Å². The normalized spacial score (nSPS) is 10.5. The first-order valence-corrected chi connectivity index (χ1v) is 5.42. The molecule has 5 heteroatoms. The summed E-state index contributed by atoms with van der Waals surface area (Å²) in [5, 5.41) is 4.16. The molecule has 0 aliphatic heterocycles. The Morgan fingerprint density at radius 1 is 1.33 bits per heavy atom. The number of anilines is 1. The van der Waals surface area contributed by atoms with Gasteiger partial charge in [0.2, 0.25) is 0 Å². The SMILES string of the molecule is Nc1nn(CCc2ccncc2)cc1Br. The van der Waals surface area contributed by atoms with Crippen LogP contribution in [0.1, 0.15) is 5.56 Å². The second kappa shape index (κ2) is 4.44. The summed E-state index contributed by atoms with van der Waals surface area (Å²) >= 11 is 3.32. The molecule has 0 aromatic carbocycles. The molecule has 2 aromatic rings. The summed E-state index contributed by atoms with van der Waals surface area (Å²) in [6, 6.07) is 4.00. The number of hydrogen-bond donors (Lipinski definition) is 1. The monoisotopic (exact) mass is 266 g/mol. The molecule has 0 saturated carbocycles. The number of nitrogens with zero attached hydrogens (tertiary/aromatic N) is 3. The van der Waals surface area contributed by atoms with Gasteiger partial charge in [-0.25, -0.2) is 0 Å². The Morgan fingerprint density at radius 3 is 2.67 bits per heavy atom. The Bertz CT molecular complexity index is 418. The highest BCUT2D eigenvalue weighted by Gasteiger charge is 2.01. The molecule has 0 unspecified atom stereocenters. The zero-order valence-electron chi connectivity index (χ0n) is 8.10. The summed E-state index contributed by atoms with van der Waals surface area (Å²) in [4.78, 5) is 3.97. The number of aromatic nitrogens is 3. The van der Waals surface area contributed by atoms with Crippen molar-refractivity contribution in [1.82, 2.24) is 14.8 Å². The maximum Gasteiger partial charge on any atom is 0.159 e. The predicted molar refractivity (Wildman–Crippen MR) is 62.3 cm³/mol. The number of rotatable bonds is 3. The molecule has 4 nitrogen and oxygen atoms in total. The van der Waals surface area contributed by atoms with Crippen molar-refractivity contribution >= 4 is 21.7 Å². The van der Waals surface area contributed by atoms with Crippen LogP contribution < -0.4 is 5.73 Å². The van der Waals surface area contributed by atoms with Gasteiger partial charge >= 0.3 is 0 Å². The van der Waals surface area contributed by atoms with E-state index >= 15 is 0 Å². The fourth-order valence-electron chi connectivity index (χ4n) is 1.32. The van der Waals surface area contributed by atoms with Crippen molar-refractivity contribution in [1.29, 1.82) is 0 Å². The quantitative estimate of drug-likeness (QED) is 0.923. The summed E-state index contributed by atoms with van der Waals surface area (Å²) in [6.07, 6.45) is 6.40. The van der Waals surface area contributed by atoms with Crippen molar-refractivity contribution in [3.05, 3.63) is 40.8 Å². The van der Waals surface area contributed by atoms with E-state index in [-0.39, 0.29) is 0 Å². The van der Waals surface area contributed by atoms with E-state index in [4.69, 9.17) is 5.73 Å². The molecule has 15 heavy (non-hydrogen) atoms. The molecule has 0 fully saturated rings. The van der Waals surface area contributed by atoms with Crippen LogP contribution in [0.4, 0.5) is 5.82 Å². The molecule has 0 atom stereocenters. The van der Waals surface area contributed by atoms with Crippen LogP contribution in [-0.2, 0) is 13.0 Å². The number of nitrogens with two attached hydrogens (primary N) is 1. The van der Waals surface area contributed by atoms with Crippen LogP contribution in [0.25, 0.3) is 0 Å². The zero-order chi connectivity index (χ0) is 10.7. The van der Waals surface area contributed by atoms with E-state index in [1.807, 2.05) is 23.0 Å². The van der Waals surface area contributed by atoms with Crippen molar-refractivity contribution in [2.24, 2.45) is 0 Å². The van der Waals surface area contributed by atoms with Crippen molar-refractivity contribution in [2.45, 2.75) is 13.0 Å². The first kappa shape index (κ1) is 10.2. The minimum absolute atomic E-state index is 0.532. The lowest BCUT2D eigenvalue weighted by atomic mass is 10.2. The third-order valence-corrected chi connectivity index (χ3v) is 2.73. The first-order valence-electron chi connectivity index (χ1n) is 4.63. The Morgan fingerprint density at radius 2 is 2.07 bits per heavy atom. The van der Waals surface area contributed by atoms with Crippen LogP contribution in [0.3, 0.4) is 0 Å². The van der Waals surface area contributed by atoms with Gasteiger partial charge in [0.25, 0.3) is 0 Å². The molecule has 0 amide bonds. The number of hydrogen-bond acceptors (Lipinski definition) is 3. The van der Waals surface area contributed by atoms with Gasteiger partial charge in [-0.3, -0.25) is 9.67 Å². The number of nitrogen functional groups attached to an aromatic ring is 1. The van der Waals surface area contributed by atoms with Crippen molar-refractivity contribution in [3.63, 3.8) is 0 Å². The Balaban J connectivity index is 1.99. The molecule has 0 saturated heterocycles. The first-order chi connectivity index (χ1) is 7.25. The lowest BCUT2D eigenvalue weighted by Crippen LogP contribution is -2.02. The molecular formula is C10H11BrN4. The smallest absolute Gasteiger partial charge is 0.159 e. The summed E-state index contributed by atoms with van der Waals surface area (Å²) in [7, 11) is 0. The van der Waals surface area contributed by atoms with Gasteiger partial charge in [-0.05, 0) is 40.0 Å². The van der Waals surface area contributed by atoms with E-state index < -0.39 is 0 Å². The predicted octanol–water partition coefficient (Wildman–Crippen LogP) is 1.87. The largest absolute Gasteiger partial charge is 0.381 e. The summed E-state index contributed by atoms with van der Waals surface area (Å²) in [6.45, 7) is 0.819. The van der Waals surface area contributed by atoms with Gasteiger partial charge in [0.15, 0.2) is 5.82 Å². The van der Waals surface area contributed by atoms with E-state index in [9.17, 15) is 0 Å². The lowest BCUT2D eigenvalue weighted by molar-refractivity contribution is 0.617. The van der Waals surface area contributed by atoms with Crippen molar-refractivity contribution in [2.75, 3.05) is 5.73 Å². The standard InChI is InChI=1S/C10H11BrN4/c11-9-7-15(14-10(9)12)6-3-8-1-4-13-5-2-8/h1-2,4-5,7H,3,6H2,(H2,12,14). The minimum atomic E-state index is 0.532. The van der Waals surface area contributed by atoms with Crippen LogP contribution in [-0.4, -0.2) is 14.8 Å². The van der Waals surface area contributed by atoms with Gasteiger partial charge in [0.05, 0.1) is 4.47 Å². The van der Waals surface area contributed by atoms with Crippen LogP contribution >= 0.6 is 15.9 Å². The molecule has 0 bridgehead atoms. The molecule has 2 heterocycles. The van der Waals surface area contributed by atoms with Crippen molar-refractivity contribution in [3.8, 4) is 0 Å². The molecule has 0 aliphatic rings. The molecular weight excluding hydrogens is 256 g/mol. The summed E-state index contributed by atoms with van der Waals surface area (Å²) in [5.41, 5.74) is 6.87.